The molecule has 1 atom stereocenters. The number of likely N-dealkylation sites (tertiary alicyclic amines) is 2. The molecule has 2 aliphatic heterocycles. The van der Waals surface area contributed by atoms with Gasteiger partial charge < -0.3 is 10.0 Å². The van der Waals surface area contributed by atoms with Gasteiger partial charge in [0.15, 0.2) is 0 Å². The molecule has 2 saturated heterocycles. The van der Waals surface area contributed by atoms with E-state index in [2.05, 4.69) is 6.07 Å². The summed E-state index contributed by atoms with van der Waals surface area (Å²) in [6.07, 6.45) is -4.29. The van der Waals surface area contributed by atoms with E-state index in [0.717, 1.165) is 12.1 Å². The maximum Gasteiger partial charge on any atom is 0.416 e. The van der Waals surface area contributed by atoms with Gasteiger partial charge in [-0.1, -0.05) is 18.2 Å². The lowest BCUT2D eigenvalue weighted by Gasteiger charge is -2.40. The van der Waals surface area contributed by atoms with Crippen molar-refractivity contribution in [2.75, 3.05) is 26.2 Å². The van der Waals surface area contributed by atoms with Crippen LogP contribution in [0.5, 0.6) is 0 Å². The van der Waals surface area contributed by atoms with Crippen LogP contribution in [0.15, 0.2) is 42.5 Å². The number of carbonyl (C=O) groups is 2. The lowest BCUT2D eigenvalue weighted by molar-refractivity contribution is -0.145. The predicted octanol–water partition coefficient (Wildman–Crippen LogP) is 5.67. The van der Waals surface area contributed by atoms with E-state index in [1.807, 2.05) is 25.7 Å². The molecule has 10 heteroatoms. The van der Waals surface area contributed by atoms with Gasteiger partial charge in [0, 0.05) is 38.1 Å². The highest BCUT2D eigenvalue weighted by Crippen LogP contribution is 2.44. The van der Waals surface area contributed by atoms with Crippen LogP contribution in [0.25, 0.3) is 11.1 Å². The minimum Gasteiger partial charge on any atom is -0.478 e. The van der Waals surface area contributed by atoms with E-state index >= 15 is 4.39 Å². The molecule has 2 fully saturated rings. The van der Waals surface area contributed by atoms with Crippen LogP contribution >= 0.6 is 0 Å². The van der Waals surface area contributed by atoms with Gasteiger partial charge in [0.1, 0.15) is 0 Å². The minimum absolute atomic E-state index is 0.00931. The van der Waals surface area contributed by atoms with Gasteiger partial charge in [-0.25, -0.2) is 9.18 Å². The van der Waals surface area contributed by atoms with Gasteiger partial charge >= 0.3 is 12.1 Å². The van der Waals surface area contributed by atoms with Crippen molar-refractivity contribution in [3.63, 3.8) is 0 Å². The molecule has 1 amide bonds. The second-order valence-corrected chi connectivity index (χ2v) is 11.4. The summed E-state index contributed by atoms with van der Waals surface area (Å²) in [5.41, 5.74) is -3.56. The molecule has 39 heavy (non-hydrogen) atoms. The number of amides is 1. The quantitative estimate of drug-likeness (QED) is 0.501. The number of halogens is 4. The van der Waals surface area contributed by atoms with Gasteiger partial charge in [0.25, 0.3) is 5.91 Å². The minimum atomic E-state index is -4.62. The van der Waals surface area contributed by atoms with Gasteiger partial charge in [-0.3, -0.25) is 9.69 Å². The van der Waals surface area contributed by atoms with Crippen molar-refractivity contribution in [3.05, 3.63) is 59.2 Å². The number of rotatable bonds is 4. The number of nitrogens with zero attached hydrogens (tertiary/aromatic N) is 3. The zero-order valence-electron chi connectivity index (χ0n) is 22.1. The fourth-order valence-electron chi connectivity index (χ4n) is 5.51. The number of carboxylic acid groups (broad SMARTS) is 1. The van der Waals surface area contributed by atoms with E-state index in [4.69, 9.17) is 0 Å². The number of piperidine rings is 1. The highest BCUT2D eigenvalue weighted by Gasteiger charge is 2.51. The standard InChI is InChI=1S/C29H31F4N3O3/c1-26(2,3)36-15-12-28(30,18-36)25(39)35-13-10-27(17-34,11-14-35)23-9-8-21(29(31,32)33)16-22(23)19-4-6-20(7-5-19)24(37)38/h4-9,16H,10-15,18H2,1-3H3,(H,37,38)/t28-/m1/s1. The van der Waals surface area contributed by atoms with Crippen LogP contribution in [-0.4, -0.2) is 64.2 Å². The second kappa shape index (κ2) is 9.94. The first-order valence-electron chi connectivity index (χ1n) is 12.8. The molecule has 4 rings (SSSR count). The molecule has 208 valence electrons. The number of carboxylic acids is 1. The SMILES string of the molecule is CC(C)(C)N1CC[C@](F)(C(=O)N2CCC(C#N)(c3ccc(C(F)(F)F)cc3-c3ccc(C(=O)O)cc3)CC2)C1. The fourth-order valence-corrected chi connectivity index (χ4v) is 5.51. The summed E-state index contributed by atoms with van der Waals surface area (Å²) in [5.74, 6) is -1.78. The second-order valence-electron chi connectivity index (χ2n) is 11.4. The van der Waals surface area contributed by atoms with Gasteiger partial charge in [0.2, 0.25) is 5.67 Å². The number of hydrogen-bond donors (Lipinski definition) is 1. The molecular formula is C29H31F4N3O3. The van der Waals surface area contributed by atoms with Crippen molar-refractivity contribution in [1.82, 2.24) is 9.80 Å². The Morgan fingerprint density at radius 3 is 2.08 bits per heavy atom. The van der Waals surface area contributed by atoms with Crippen molar-refractivity contribution >= 4 is 11.9 Å². The summed E-state index contributed by atoms with van der Waals surface area (Å²) in [6.45, 7) is 6.51. The highest BCUT2D eigenvalue weighted by molar-refractivity contribution is 5.88. The first-order valence-corrected chi connectivity index (χ1v) is 12.8. The molecule has 1 N–H and O–H groups in total. The van der Waals surface area contributed by atoms with Crippen molar-refractivity contribution in [2.24, 2.45) is 0 Å². The Kier molecular flexibility index (Phi) is 7.28. The molecule has 0 spiro atoms. The van der Waals surface area contributed by atoms with Gasteiger partial charge in [0.05, 0.1) is 22.6 Å². The Morgan fingerprint density at radius 2 is 1.59 bits per heavy atom. The zero-order valence-corrected chi connectivity index (χ0v) is 22.1. The van der Waals surface area contributed by atoms with E-state index in [1.54, 1.807) is 0 Å². The Bertz CT molecular complexity index is 1300. The summed E-state index contributed by atoms with van der Waals surface area (Å²) in [6, 6.07) is 10.9. The van der Waals surface area contributed by atoms with E-state index in [-0.39, 0.29) is 55.6 Å². The Hall–Kier alpha value is -3.45. The monoisotopic (exact) mass is 545 g/mol. The molecular weight excluding hydrogens is 514 g/mol. The van der Waals surface area contributed by atoms with Crippen LogP contribution in [0.3, 0.4) is 0 Å². The molecule has 2 aliphatic rings. The first-order chi connectivity index (χ1) is 18.1. The van der Waals surface area contributed by atoms with Crippen molar-refractivity contribution in [1.29, 1.82) is 5.26 Å². The molecule has 2 heterocycles. The predicted molar refractivity (Wildman–Crippen MR) is 137 cm³/mol. The highest BCUT2D eigenvalue weighted by atomic mass is 19.4. The van der Waals surface area contributed by atoms with Crippen LogP contribution < -0.4 is 0 Å². The number of nitriles is 1. The Morgan fingerprint density at radius 1 is 0.974 bits per heavy atom. The first kappa shape index (κ1) is 28.6. The Labute approximate surface area is 224 Å². The fraction of sp³-hybridized carbons (Fsp3) is 0.483. The largest absolute Gasteiger partial charge is 0.478 e. The maximum absolute atomic E-state index is 15.8. The number of carbonyl (C=O) groups excluding carboxylic acids is 1. The summed E-state index contributed by atoms with van der Waals surface area (Å²) in [4.78, 5) is 27.8. The average molecular weight is 546 g/mol. The van der Waals surface area contributed by atoms with Crippen LogP contribution in [0, 0.1) is 11.3 Å². The number of alkyl halides is 4. The number of benzene rings is 2. The van der Waals surface area contributed by atoms with Crippen molar-refractivity contribution in [2.45, 2.75) is 62.8 Å². The lowest BCUT2D eigenvalue weighted by atomic mass is 9.71. The van der Waals surface area contributed by atoms with Crippen molar-refractivity contribution in [3.8, 4) is 17.2 Å². The molecule has 0 saturated carbocycles. The van der Waals surface area contributed by atoms with E-state index < -0.39 is 34.7 Å². The molecule has 0 bridgehead atoms. The third-order valence-corrected chi connectivity index (χ3v) is 7.97. The van der Waals surface area contributed by atoms with E-state index in [9.17, 15) is 33.1 Å². The summed E-state index contributed by atoms with van der Waals surface area (Å²) >= 11 is 0. The third kappa shape index (κ3) is 5.50. The molecule has 0 radical (unpaired) electrons. The molecule has 2 aromatic rings. The smallest absolute Gasteiger partial charge is 0.416 e. The van der Waals surface area contributed by atoms with E-state index in [0.29, 0.717) is 17.7 Å². The van der Waals surface area contributed by atoms with Crippen LogP contribution in [0.1, 0.15) is 61.5 Å². The molecule has 6 nitrogen and oxygen atoms in total. The third-order valence-electron chi connectivity index (χ3n) is 7.97. The normalized spacial score (nSPS) is 21.9. The summed E-state index contributed by atoms with van der Waals surface area (Å²) < 4.78 is 56.6. The maximum atomic E-state index is 15.8. The van der Waals surface area contributed by atoms with Crippen LogP contribution in [0.4, 0.5) is 17.6 Å². The summed E-state index contributed by atoms with van der Waals surface area (Å²) in [5, 5.41) is 19.5. The van der Waals surface area contributed by atoms with Crippen LogP contribution in [0.2, 0.25) is 0 Å². The van der Waals surface area contributed by atoms with Gasteiger partial charge in [-0.2, -0.15) is 18.4 Å². The topological polar surface area (TPSA) is 84.6 Å². The Balaban J connectivity index is 1.64. The average Bonchev–Trinajstić information content (AvgIpc) is 3.31. The van der Waals surface area contributed by atoms with Gasteiger partial charge in [-0.05, 0) is 74.6 Å². The zero-order chi connectivity index (χ0) is 28.8. The number of aromatic carboxylic acids is 1. The molecule has 0 aliphatic carbocycles. The molecule has 2 aromatic carbocycles. The van der Waals surface area contributed by atoms with Crippen molar-refractivity contribution < 1.29 is 32.3 Å². The van der Waals surface area contributed by atoms with Crippen LogP contribution in [-0.2, 0) is 16.4 Å². The summed E-state index contributed by atoms with van der Waals surface area (Å²) in [7, 11) is 0. The van der Waals surface area contributed by atoms with E-state index in [1.165, 1.54) is 35.2 Å². The molecule has 0 unspecified atom stereocenters. The molecule has 0 aromatic heterocycles. The van der Waals surface area contributed by atoms with Gasteiger partial charge in [-0.15, -0.1) is 0 Å². The number of hydrogen-bond acceptors (Lipinski definition) is 4. The lowest BCUT2D eigenvalue weighted by Crippen LogP contribution is -2.53.